The van der Waals surface area contributed by atoms with Gasteiger partial charge in [0, 0.05) is 0 Å². The Morgan fingerprint density at radius 1 is 1.16 bits per heavy atom. The fourth-order valence-corrected chi connectivity index (χ4v) is 3.97. The molecule has 0 aromatic heterocycles. The van der Waals surface area contributed by atoms with E-state index in [2.05, 4.69) is 11.8 Å². The molecular formula is C16H29NO2. The largest absolute Gasteiger partial charge is 0.480 e. The van der Waals surface area contributed by atoms with Crippen LogP contribution in [0.15, 0.2) is 0 Å². The van der Waals surface area contributed by atoms with Gasteiger partial charge in [-0.25, -0.2) is 0 Å². The third-order valence-corrected chi connectivity index (χ3v) is 5.33. The molecule has 3 heteroatoms. The lowest BCUT2D eigenvalue weighted by Gasteiger charge is -2.45. The molecule has 1 unspecified atom stereocenters. The summed E-state index contributed by atoms with van der Waals surface area (Å²) in [4.78, 5) is 13.7. The van der Waals surface area contributed by atoms with Crippen LogP contribution in [0.3, 0.4) is 0 Å². The minimum absolute atomic E-state index is 0.235. The highest BCUT2D eigenvalue weighted by molar-refractivity contribution is 5.73. The zero-order chi connectivity index (χ0) is 13.7. The van der Waals surface area contributed by atoms with Crippen LogP contribution in [0.25, 0.3) is 0 Å². The van der Waals surface area contributed by atoms with Gasteiger partial charge in [-0.3, -0.25) is 9.69 Å². The molecule has 1 saturated carbocycles. The molecule has 2 fully saturated rings. The summed E-state index contributed by atoms with van der Waals surface area (Å²) in [6.45, 7) is 4.13. The predicted molar refractivity (Wildman–Crippen MR) is 77.3 cm³/mol. The fraction of sp³-hybridized carbons (Fsp3) is 0.938. The fourth-order valence-electron chi connectivity index (χ4n) is 3.97. The van der Waals surface area contributed by atoms with Crippen molar-refractivity contribution in [3.05, 3.63) is 0 Å². The van der Waals surface area contributed by atoms with E-state index in [4.69, 9.17) is 0 Å². The molecule has 0 bridgehead atoms. The van der Waals surface area contributed by atoms with Crippen LogP contribution in [0.5, 0.6) is 0 Å². The van der Waals surface area contributed by atoms with E-state index in [1.165, 1.54) is 44.9 Å². The predicted octanol–water partition coefficient (Wildman–Crippen LogP) is 3.68. The van der Waals surface area contributed by atoms with Crippen LogP contribution in [0, 0.1) is 5.41 Å². The van der Waals surface area contributed by atoms with Gasteiger partial charge >= 0.3 is 5.97 Å². The molecule has 0 aromatic rings. The lowest BCUT2D eigenvalue weighted by molar-refractivity contribution is -0.145. The maximum absolute atomic E-state index is 11.4. The van der Waals surface area contributed by atoms with E-state index in [0.717, 1.165) is 32.4 Å². The first kappa shape index (κ1) is 14.8. The molecule has 0 radical (unpaired) electrons. The monoisotopic (exact) mass is 267 g/mol. The lowest BCUT2D eigenvalue weighted by atomic mass is 9.68. The van der Waals surface area contributed by atoms with Crippen molar-refractivity contribution >= 4 is 5.97 Å². The highest BCUT2D eigenvalue weighted by atomic mass is 16.4. The molecule has 0 amide bonds. The van der Waals surface area contributed by atoms with Gasteiger partial charge in [0.1, 0.15) is 6.04 Å². The molecular weight excluding hydrogens is 238 g/mol. The zero-order valence-electron chi connectivity index (χ0n) is 12.4. The van der Waals surface area contributed by atoms with E-state index in [9.17, 15) is 9.90 Å². The number of rotatable bonds is 5. The first-order valence-corrected chi connectivity index (χ1v) is 8.14. The number of unbranched alkanes of at least 4 members (excludes halogenated alkanes) is 1. The molecule has 1 aliphatic heterocycles. The van der Waals surface area contributed by atoms with Crippen molar-refractivity contribution in [2.24, 2.45) is 5.41 Å². The van der Waals surface area contributed by atoms with Gasteiger partial charge in [0.05, 0.1) is 0 Å². The van der Waals surface area contributed by atoms with Crippen LogP contribution in [0.4, 0.5) is 0 Å². The Labute approximate surface area is 117 Å². The van der Waals surface area contributed by atoms with E-state index in [0.29, 0.717) is 5.41 Å². The summed E-state index contributed by atoms with van der Waals surface area (Å²) in [5.41, 5.74) is 0.572. The summed E-state index contributed by atoms with van der Waals surface area (Å²) in [6, 6.07) is -0.235. The summed E-state index contributed by atoms with van der Waals surface area (Å²) < 4.78 is 0. The second-order valence-corrected chi connectivity index (χ2v) is 6.59. The number of carboxylic acids is 1. The molecule has 19 heavy (non-hydrogen) atoms. The van der Waals surface area contributed by atoms with Crippen LogP contribution in [0.2, 0.25) is 0 Å². The van der Waals surface area contributed by atoms with Gasteiger partial charge in [0.15, 0.2) is 0 Å². The third-order valence-electron chi connectivity index (χ3n) is 5.33. The van der Waals surface area contributed by atoms with Crippen molar-refractivity contribution in [3.63, 3.8) is 0 Å². The average Bonchev–Trinajstić information content (AvgIpc) is 2.42. The van der Waals surface area contributed by atoms with Gasteiger partial charge in [0.2, 0.25) is 0 Å². The Bertz CT molecular complexity index is 287. The van der Waals surface area contributed by atoms with Crippen LogP contribution < -0.4 is 0 Å². The Hall–Kier alpha value is -0.570. The second-order valence-electron chi connectivity index (χ2n) is 6.59. The maximum Gasteiger partial charge on any atom is 0.320 e. The van der Waals surface area contributed by atoms with Crippen LogP contribution in [-0.4, -0.2) is 35.1 Å². The van der Waals surface area contributed by atoms with Crippen molar-refractivity contribution in [1.29, 1.82) is 0 Å². The number of piperidine rings is 1. The topological polar surface area (TPSA) is 40.5 Å². The normalized spacial score (nSPS) is 25.3. The lowest BCUT2D eigenvalue weighted by Crippen LogP contribution is -2.48. The molecule has 3 nitrogen and oxygen atoms in total. The minimum atomic E-state index is -0.618. The minimum Gasteiger partial charge on any atom is -0.480 e. The Morgan fingerprint density at radius 3 is 2.32 bits per heavy atom. The van der Waals surface area contributed by atoms with Gasteiger partial charge < -0.3 is 5.11 Å². The number of aliphatic carboxylic acids is 1. The molecule has 1 N–H and O–H groups in total. The van der Waals surface area contributed by atoms with Crippen LogP contribution in [0.1, 0.15) is 71.1 Å². The highest BCUT2D eigenvalue weighted by Gasteiger charge is 2.38. The highest BCUT2D eigenvalue weighted by Crippen LogP contribution is 2.44. The Morgan fingerprint density at radius 2 is 1.79 bits per heavy atom. The number of likely N-dealkylation sites (tertiary alicyclic amines) is 1. The van der Waals surface area contributed by atoms with Gasteiger partial charge in [0.25, 0.3) is 0 Å². The number of carboxylic acid groups (broad SMARTS) is 1. The van der Waals surface area contributed by atoms with Gasteiger partial charge in [-0.1, -0.05) is 39.0 Å². The number of carbonyl (C=O) groups is 1. The molecule has 1 heterocycles. The van der Waals surface area contributed by atoms with E-state index < -0.39 is 5.97 Å². The van der Waals surface area contributed by atoms with Crippen molar-refractivity contribution in [2.75, 3.05) is 13.1 Å². The SMILES string of the molecule is CCCCC(C(=O)O)N1CCC2(CCCCC2)CC1. The first-order chi connectivity index (χ1) is 9.17. The van der Waals surface area contributed by atoms with Crippen LogP contribution in [-0.2, 0) is 4.79 Å². The molecule has 0 aromatic carbocycles. The van der Waals surface area contributed by atoms with Crippen molar-refractivity contribution < 1.29 is 9.90 Å². The molecule has 1 atom stereocenters. The quantitative estimate of drug-likeness (QED) is 0.826. The molecule has 1 spiro atoms. The second kappa shape index (κ2) is 6.74. The smallest absolute Gasteiger partial charge is 0.320 e. The summed E-state index contributed by atoms with van der Waals surface area (Å²) in [5.74, 6) is -0.618. The Kier molecular flexibility index (Phi) is 5.26. The summed E-state index contributed by atoms with van der Waals surface area (Å²) in [7, 11) is 0. The van der Waals surface area contributed by atoms with E-state index >= 15 is 0 Å². The number of nitrogens with zero attached hydrogens (tertiary/aromatic N) is 1. The molecule has 2 aliphatic rings. The molecule has 2 rings (SSSR count). The van der Waals surface area contributed by atoms with Gasteiger partial charge in [-0.05, 0) is 50.6 Å². The number of hydrogen-bond acceptors (Lipinski definition) is 2. The van der Waals surface area contributed by atoms with E-state index in [1.54, 1.807) is 0 Å². The zero-order valence-corrected chi connectivity index (χ0v) is 12.4. The number of hydrogen-bond donors (Lipinski definition) is 1. The third kappa shape index (κ3) is 3.71. The van der Waals surface area contributed by atoms with Crippen molar-refractivity contribution in [2.45, 2.75) is 77.2 Å². The van der Waals surface area contributed by atoms with E-state index in [1.807, 2.05) is 0 Å². The maximum atomic E-state index is 11.4. The van der Waals surface area contributed by atoms with Gasteiger partial charge in [-0.15, -0.1) is 0 Å². The van der Waals surface area contributed by atoms with Crippen molar-refractivity contribution in [1.82, 2.24) is 4.90 Å². The molecule has 110 valence electrons. The summed E-state index contributed by atoms with van der Waals surface area (Å²) >= 11 is 0. The Balaban J connectivity index is 1.88. The molecule has 1 aliphatic carbocycles. The molecule has 1 saturated heterocycles. The van der Waals surface area contributed by atoms with Crippen molar-refractivity contribution in [3.8, 4) is 0 Å². The van der Waals surface area contributed by atoms with E-state index in [-0.39, 0.29) is 6.04 Å². The standard InChI is InChI=1S/C16H29NO2/c1-2-3-7-14(15(18)19)17-12-10-16(11-13-17)8-5-4-6-9-16/h14H,2-13H2,1H3,(H,18,19). The van der Waals surface area contributed by atoms with Gasteiger partial charge in [-0.2, -0.15) is 0 Å². The summed E-state index contributed by atoms with van der Waals surface area (Å²) in [6.07, 6.45) is 12.3. The van der Waals surface area contributed by atoms with Crippen LogP contribution >= 0.6 is 0 Å². The first-order valence-electron chi connectivity index (χ1n) is 8.14. The average molecular weight is 267 g/mol. The summed E-state index contributed by atoms with van der Waals surface area (Å²) in [5, 5.41) is 9.41.